The van der Waals surface area contributed by atoms with Gasteiger partial charge in [-0.1, -0.05) is 100 Å². The SMILES string of the molecule is CCCCCCCCCCCCCC(I)CC(F)(F)C(F)(F)F. The Labute approximate surface area is 151 Å². The standard InChI is InChI=1S/C17H30F5I/c1-2-3-4-5-6-7-8-9-10-11-12-13-15(23)14-16(18,19)17(20,21)22/h15H,2-14H2,1H3. The van der Waals surface area contributed by atoms with Gasteiger partial charge in [0.05, 0.1) is 0 Å². The van der Waals surface area contributed by atoms with Gasteiger partial charge in [-0.3, -0.25) is 0 Å². The summed E-state index contributed by atoms with van der Waals surface area (Å²) < 4.78 is 61.4. The summed E-state index contributed by atoms with van der Waals surface area (Å²) in [7, 11) is 0. The Morgan fingerprint density at radius 1 is 0.696 bits per heavy atom. The first-order valence-electron chi connectivity index (χ1n) is 8.79. The molecule has 1 atom stereocenters. The van der Waals surface area contributed by atoms with Gasteiger partial charge < -0.3 is 0 Å². The molecule has 0 saturated heterocycles. The third kappa shape index (κ3) is 12.4. The molecule has 6 heteroatoms. The van der Waals surface area contributed by atoms with Crippen molar-refractivity contribution in [2.45, 2.75) is 106 Å². The molecule has 0 saturated carbocycles. The van der Waals surface area contributed by atoms with Crippen LogP contribution in [-0.2, 0) is 0 Å². The molecule has 23 heavy (non-hydrogen) atoms. The third-order valence-electron chi connectivity index (χ3n) is 4.01. The van der Waals surface area contributed by atoms with E-state index in [1.807, 2.05) is 0 Å². The number of unbranched alkanes of at least 4 members (excludes halogenated alkanes) is 10. The van der Waals surface area contributed by atoms with Gasteiger partial charge in [0.1, 0.15) is 0 Å². The minimum absolute atomic E-state index is 0.434. The summed E-state index contributed by atoms with van der Waals surface area (Å²) >= 11 is 1.72. The molecule has 1 unspecified atom stereocenters. The second-order valence-electron chi connectivity index (χ2n) is 6.33. The lowest BCUT2D eigenvalue weighted by atomic mass is 10.0. The van der Waals surface area contributed by atoms with E-state index >= 15 is 0 Å². The van der Waals surface area contributed by atoms with Crippen LogP contribution in [0.2, 0.25) is 0 Å². The van der Waals surface area contributed by atoms with Crippen molar-refractivity contribution < 1.29 is 22.0 Å². The smallest absolute Gasteiger partial charge is 0.196 e. The zero-order valence-corrected chi connectivity index (χ0v) is 16.2. The van der Waals surface area contributed by atoms with E-state index in [9.17, 15) is 22.0 Å². The van der Waals surface area contributed by atoms with Crippen molar-refractivity contribution >= 4 is 22.6 Å². The van der Waals surface area contributed by atoms with Crippen molar-refractivity contribution in [1.82, 2.24) is 0 Å². The molecule has 0 radical (unpaired) electrons. The summed E-state index contributed by atoms with van der Waals surface area (Å²) in [5.41, 5.74) is 0. The predicted octanol–water partition coefficient (Wildman–Crippen LogP) is 8.08. The van der Waals surface area contributed by atoms with Crippen LogP contribution in [0.4, 0.5) is 22.0 Å². The molecule has 0 aromatic carbocycles. The van der Waals surface area contributed by atoms with Crippen LogP contribution >= 0.6 is 22.6 Å². The fraction of sp³-hybridized carbons (Fsp3) is 1.00. The summed E-state index contributed by atoms with van der Waals surface area (Å²) in [5, 5.41) is 0. The fourth-order valence-corrected chi connectivity index (χ4v) is 3.52. The maximum absolute atomic E-state index is 12.9. The average Bonchev–Trinajstić information content (AvgIpc) is 2.43. The highest BCUT2D eigenvalue weighted by molar-refractivity contribution is 14.1. The van der Waals surface area contributed by atoms with Gasteiger partial charge >= 0.3 is 12.1 Å². The van der Waals surface area contributed by atoms with Gasteiger partial charge in [0.2, 0.25) is 0 Å². The van der Waals surface area contributed by atoms with Crippen LogP contribution in [0.15, 0.2) is 0 Å². The molecule has 0 aliphatic carbocycles. The van der Waals surface area contributed by atoms with Crippen molar-refractivity contribution in [2.24, 2.45) is 0 Å². The lowest BCUT2D eigenvalue weighted by Gasteiger charge is -2.22. The number of hydrogen-bond acceptors (Lipinski definition) is 0. The fourth-order valence-electron chi connectivity index (χ4n) is 2.53. The number of halogens is 6. The maximum Gasteiger partial charge on any atom is 0.453 e. The summed E-state index contributed by atoms with van der Waals surface area (Å²) in [6.45, 7) is 2.20. The zero-order chi connectivity index (χ0) is 17.8. The van der Waals surface area contributed by atoms with Crippen molar-refractivity contribution in [3.8, 4) is 0 Å². The molecule has 0 aromatic rings. The monoisotopic (exact) mass is 456 g/mol. The first kappa shape index (κ1) is 23.4. The first-order chi connectivity index (χ1) is 10.7. The molecule has 0 heterocycles. The number of alkyl halides is 6. The molecular weight excluding hydrogens is 426 g/mol. The molecule has 0 spiro atoms. The van der Waals surface area contributed by atoms with E-state index < -0.39 is 22.4 Å². The molecule has 0 bridgehead atoms. The van der Waals surface area contributed by atoms with E-state index in [1.54, 1.807) is 22.6 Å². The summed E-state index contributed by atoms with van der Waals surface area (Å²) in [5.74, 6) is -4.56. The molecule has 0 fully saturated rings. The Hall–Kier alpha value is 0.380. The normalized spacial score (nSPS) is 14.2. The average molecular weight is 456 g/mol. The zero-order valence-electron chi connectivity index (χ0n) is 14.0. The minimum Gasteiger partial charge on any atom is -0.196 e. The number of rotatable bonds is 14. The van der Waals surface area contributed by atoms with Crippen LogP contribution in [0.3, 0.4) is 0 Å². The van der Waals surface area contributed by atoms with E-state index in [0.29, 0.717) is 6.42 Å². The topological polar surface area (TPSA) is 0 Å². The summed E-state index contributed by atoms with van der Waals surface area (Å²) in [4.78, 5) is 0. The lowest BCUT2D eigenvalue weighted by molar-refractivity contribution is -0.283. The van der Waals surface area contributed by atoms with Crippen LogP contribution in [0.1, 0.15) is 90.4 Å². The van der Waals surface area contributed by atoms with E-state index in [-0.39, 0.29) is 0 Å². The van der Waals surface area contributed by atoms with E-state index in [0.717, 1.165) is 25.7 Å². The molecule has 0 N–H and O–H groups in total. The quantitative estimate of drug-likeness (QED) is 0.107. The Bertz CT molecular complexity index is 279. The van der Waals surface area contributed by atoms with Crippen molar-refractivity contribution in [2.75, 3.05) is 0 Å². The molecule has 0 aromatic heterocycles. The summed E-state index contributed by atoms with van der Waals surface area (Å²) in [6, 6.07) is 0. The van der Waals surface area contributed by atoms with Gasteiger partial charge in [-0.2, -0.15) is 22.0 Å². The first-order valence-corrected chi connectivity index (χ1v) is 10.0. The number of hydrogen-bond donors (Lipinski definition) is 0. The Balaban J connectivity index is 3.48. The van der Waals surface area contributed by atoms with Crippen LogP contribution in [-0.4, -0.2) is 16.0 Å². The molecule has 0 amide bonds. The van der Waals surface area contributed by atoms with Gasteiger partial charge in [0, 0.05) is 10.3 Å². The van der Waals surface area contributed by atoms with Crippen molar-refractivity contribution in [3.05, 3.63) is 0 Å². The van der Waals surface area contributed by atoms with Gasteiger partial charge in [-0.15, -0.1) is 0 Å². The second kappa shape index (κ2) is 12.7. The highest BCUT2D eigenvalue weighted by Crippen LogP contribution is 2.40. The predicted molar refractivity (Wildman–Crippen MR) is 94.5 cm³/mol. The van der Waals surface area contributed by atoms with E-state index in [1.165, 1.54) is 44.9 Å². The van der Waals surface area contributed by atoms with Crippen molar-refractivity contribution in [1.29, 1.82) is 0 Å². The second-order valence-corrected chi connectivity index (χ2v) is 8.09. The Morgan fingerprint density at radius 3 is 1.48 bits per heavy atom. The molecule has 0 aliphatic heterocycles. The Morgan fingerprint density at radius 2 is 1.09 bits per heavy atom. The van der Waals surface area contributed by atoms with Crippen LogP contribution < -0.4 is 0 Å². The third-order valence-corrected chi connectivity index (χ3v) is 5.08. The highest BCUT2D eigenvalue weighted by Gasteiger charge is 2.57. The van der Waals surface area contributed by atoms with E-state index in [2.05, 4.69) is 6.92 Å². The highest BCUT2D eigenvalue weighted by atomic mass is 127. The molecule has 140 valence electrons. The van der Waals surface area contributed by atoms with Gasteiger partial charge in [-0.25, -0.2) is 0 Å². The van der Waals surface area contributed by atoms with Crippen LogP contribution in [0, 0.1) is 0 Å². The van der Waals surface area contributed by atoms with Crippen LogP contribution in [0.25, 0.3) is 0 Å². The molecule has 0 rings (SSSR count). The van der Waals surface area contributed by atoms with Crippen LogP contribution in [0.5, 0.6) is 0 Å². The molecule has 0 nitrogen and oxygen atoms in total. The molecular formula is C17H30F5I. The van der Waals surface area contributed by atoms with Gasteiger partial charge in [0.25, 0.3) is 0 Å². The summed E-state index contributed by atoms with van der Waals surface area (Å²) in [6.07, 6.45) is 6.67. The largest absolute Gasteiger partial charge is 0.453 e. The maximum atomic E-state index is 12.9. The molecule has 0 aliphatic rings. The van der Waals surface area contributed by atoms with Gasteiger partial charge in [0.15, 0.2) is 0 Å². The van der Waals surface area contributed by atoms with Crippen molar-refractivity contribution in [3.63, 3.8) is 0 Å². The minimum atomic E-state index is -5.42. The Kier molecular flexibility index (Phi) is 12.9. The van der Waals surface area contributed by atoms with E-state index in [4.69, 9.17) is 0 Å². The lowest BCUT2D eigenvalue weighted by Crippen LogP contribution is -2.38. The van der Waals surface area contributed by atoms with Gasteiger partial charge in [-0.05, 0) is 6.42 Å².